The Morgan fingerprint density at radius 1 is 1.50 bits per heavy atom. The van der Waals surface area contributed by atoms with E-state index in [1.807, 2.05) is 13.8 Å². The largest absolute Gasteiger partial charge is 0.268 e. The Bertz CT molecular complexity index is 301. The zero-order valence-electron chi connectivity index (χ0n) is 6.38. The van der Waals surface area contributed by atoms with Gasteiger partial charge in [0.25, 0.3) is 5.56 Å². The molecule has 1 heterocycles. The second-order valence-corrected chi connectivity index (χ2v) is 2.37. The molecule has 0 radical (unpaired) electrons. The fourth-order valence-corrected chi connectivity index (χ4v) is 0.736. The zero-order chi connectivity index (χ0) is 7.72. The van der Waals surface area contributed by atoms with E-state index in [-0.39, 0.29) is 5.56 Å². The van der Waals surface area contributed by atoms with Crippen LogP contribution in [0, 0.1) is 13.8 Å². The van der Waals surface area contributed by atoms with Crippen LogP contribution in [0.5, 0.6) is 0 Å². The van der Waals surface area contributed by atoms with Crippen LogP contribution >= 0.6 is 0 Å². The Kier molecular flexibility index (Phi) is 1.57. The van der Waals surface area contributed by atoms with Crippen LogP contribution in [0.4, 0.5) is 0 Å². The van der Waals surface area contributed by atoms with Gasteiger partial charge in [-0.3, -0.25) is 4.79 Å². The average molecular weight is 138 g/mol. The predicted molar refractivity (Wildman–Crippen MR) is 39.0 cm³/mol. The molecule has 0 bridgehead atoms. The summed E-state index contributed by atoms with van der Waals surface area (Å²) in [4.78, 5) is 10.9. The van der Waals surface area contributed by atoms with Gasteiger partial charge in [-0.15, -0.1) is 0 Å². The topological polar surface area (TPSA) is 34.9 Å². The van der Waals surface area contributed by atoms with E-state index in [1.54, 1.807) is 13.1 Å². The molecule has 1 rings (SSSR count). The molecule has 1 aromatic rings. The van der Waals surface area contributed by atoms with Crippen LogP contribution in [-0.2, 0) is 7.05 Å². The van der Waals surface area contributed by atoms with Crippen molar-refractivity contribution < 1.29 is 0 Å². The van der Waals surface area contributed by atoms with Gasteiger partial charge in [0, 0.05) is 13.1 Å². The van der Waals surface area contributed by atoms with Gasteiger partial charge in [-0.05, 0) is 19.4 Å². The van der Waals surface area contributed by atoms with Crippen molar-refractivity contribution in [3.05, 3.63) is 27.7 Å². The molecule has 54 valence electrons. The van der Waals surface area contributed by atoms with E-state index < -0.39 is 0 Å². The SMILES string of the molecule is Cc1cc(=O)n(C)nc1C. The summed E-state index contributed by atoms with van der Waals surface area (Å²) in [7, 11) is 1.65. The van der Waals surface area contributed by atoms with Gasteiger partial charge in [0.1, 0.15) is 0 Å². The number of nitrogens with zero attached hydrogens (tertiary/aromatic N) is 2. The van der Waals surface area contributed by atoms with E-state index in [0.29, 0.717) is 0 Å². The maximum atomic E-state index is 10.9. The van der Waals surface area contributed by atoms with E-state index in [9.17, 15) is 4.79 Å². The summed E-state index contributed by atoms with van der Waals surface area (Å²) in [6, 6.07) is 1.59. The Morgan fingerprint density at radius 2 is 2.10 bits per heavy atom. The van der Waals surface area contributed by atoms with Gasteiger partial charge in [0.05, 0.1) is 5.69 Å². The lowest BCUT2D eigenvalue weighted by Gasteiger charge is -1.99. The summed E-state index contributed by atoms with van der Waals surface area (Å²) >= 11 is 0. The monoisotopic (exact) mass is 138 g/mol. The lowest BCUT2D eigenvalue weighted by molar-refractivity contribution is 0.687. The first-order valence-corrected chi connectivity index (χ1v) is 3.13. The average Bonchev–Trinajstić information content (AvgIpc) is 1.84. The smallest absolute Gasteiger partial charge is 0.266 e. The first kappa shape index (κ1) is 6.99. The van der Waals surface area contributed by atoms with E-state index in [0.717, 1.165) is 11.3 Å². The van der Waals surface area contributed by atoms with Crippen molar-refractivity contribution >= 4 is 0 Å². The molecular formula is C7H10N2O. The van der Waals surface area contributed by atoms with Crippen LogP contribution in [0.25, 0.3) is 0 Å². The highest BCUT2D eigenvalue weighted by molar-refractivity contribution is 5.13. The first-order chi connectivity index (χ1) is 4.61. The van der Waals surface area contributed by atoms with E-state index in [2.05, 4.69) is 5.10 Å². The van der Waals surface area contributed by atoms with Crippen LogP contribution in [0.15, 0.2) is 10.9 Å². The fourth-order valence-electron chi connectivity index (χ4n) is 0.736. The Labute approximate surface area is 59.3 Å². The van der Waals surface area contributed by atoms with Crippen molar-refractivity contribution in [2.24, 2.45) is 7.05 Å². The summed E-state index contributed by atoms with van der Waals surface area (Å²) in [6.07, 6.45) is 0. The van der Waals surface area contributed by atoms with Crippen molar-refractivity contribution in [2.45, 2.75) is 13.8 Å². The quantitative estimate of drug-likeness (QED) is 0.520. The standard InChI is InChI=1S/C7H10N2O/c1-5-4-7(10)9(3)8-6(5)2/h4H,1-3H3. The summed E-state index contributed by atoms with van der Waals surface area (Å²) in [5, 5.41) is 3.98. The molecule has 0 aliphatic heterocycles. The normalized spacial score (nSPS) is 9.90. The van der Waals surface area contributed by atoms with Crippen molar-refractivity contribution in [1.82, 2.24) is 9.78 Å². The van der Waals surface area contributed by atoms with E-state index in [1.165, 1.54) is 4.68 Å². The molecular weight excluding hydrogens is 128 g/mol. The second-order valence-electron chi connectivity index (χ2n) is 2.37. The molecule has 1 aromatic heterocycles. The molecule has 0 saturated heterocycles. The molecule has 3 nitrogen and oxygen atoms in total. The molecule has 0 N–H and O–H groups in total. The minimum atomic E-state index is -0.0527. The van der Waals surface area contributed by atoms with Crippen LogP contribution in [0.2, 0.25) is 0 Å². The number of hydrogen-bond donors (Lipinski definition) is 0. The second kappa shape index (κ2) is 2.25. The highest BCUT2D eigenvalue weighted by Crippen LogP contribution is 1.95. The number of rotatable bonds is 0. The van der Waals surface area contributed by atoms with Crippen molar-refractivity contribution in [3.63, 3.8) is 0 Å². The van der Waals surface area contributed by atoms with Gasteiger partial charge in [-0.2, -0.15) is 5.10 Å². The zero-order valence-corrected chi connectivity index (χ0v) is 6.38. The molecule has 0 saturated carbocycles. The van der Waals surface area contributed by atoms with Crippen LogP contribution in [0.1, 0.15) is 11.3 Å². The molecule has 0 aromatic carbocycles. The fraction of sp³-hybridized carbons (Fsp3) is 0.429. The molecule has 0 unspecified atom stereocenters. The highest BCUT2D eigenvalue weighted by atomic mass is 16.1. The van der Waals surface area contributed by atoms with Crippen LogP contribution < -0.4 is 5.56 Å². The van der Waals surface area contributed by atoms with Gasteiger partial charge >= 0.3 is 0 Å². The summed E-state index contributed by atoms with van der Waals surface area (Å²) in [5.74, 6) is 0. The lowest BCUT2D eigenvalue weighted by Crippen LogP contribution is -2.19. The number of aryl methyl sites for hydroxylation is 3. The number of hydrogen-bond acceptors (Lipinski definition) is 2. The minimum absolute atomic E-state index is 0.0527. The lowest BCUT2D eigenvalue weighted by atomic mass is 10.2. The molecule has 10 heavy (non-hydrogen) atoms. The maximum absolute atomic E-state index is 10.9. The van der Waals surface area contributed by atoms with Crippen LogP contribution in [0.3, 0.4) is 0 Å². The molecule has 0 atom stereocenters. The van der Waals surface area contributed by atoms with Gasteiger partial charge in [0.2, 0.25) is 0 Å². The summed E-state index contributed by atoms with van der Waals surface area (Å²) in [6.45, 7) is 3.76. The van der Waals surface area contributed by atoms with Gasteiger partial charge in [0.15, 0.2) is 0 Å². The Hall–Kier alpha value is -1.12. The van der Waals surface area contributed by atoms with Gasteiger partial charge < -0.3 is 0 Å². The highest BCUT2D eigenvalue weighted by Gasteiger charge is 1.95. The molecule has 3 heteroatoms. The molecule has 0 fully saturated rings. The van der Waals surface area contributed by atoms with Crippen LogP contribution in [-0.4, -0.2) is 9.78 Å². The minimum Gasteiger partial charge on any atom is -0.268 e. The third-order valence-electron chi connectivity index (χ3n) is 1.53. The van der Waals surface area contributed by atoms with E-state index in [4.69, 9.17) is 0 Å². The van der Waals surface area contributed by atoms with Gasteiger partial charge in [-0.25, -0.2) is 4.68 Å². The van der Waals surface area contributed by atoms with Crippen molar-refractivity contribution in [3.8, 4) is 0 Å². The summed E-state index contributed by atoms with van der Waals surface area (Å²) in [5.41, 5.74) is 1.80. The van der Waals surface area contributed by atoms with Gasteiger partial charge in [-0.1, -0.05) is 0 Å². The molecule has 0 aliphatic rings. The maximum Gasteiger partial charge on any atom is 0.266 e. The van der Waals surface area contributed by atoms with Crippen molar-refractivity contribution in [1.29, 1.82) is 0 Å². The van der Waals surface area contributed by atoms with Crippen molar-refractivity contribution in [2.75, 3.05) is 0 Å². The summed E-state index contributed by atoms with van der Waals surface area (Å²) < 4.78 is 1.34. The molecule has 0 aliphatic carbocycles. The Balaban J connectivity index is 3.43. The van der Waals surface area contributed by atoms with E-state index >= 15 is 0 Å². The Morgan fingerprint density at radius 3 is 2.60 bits per heavy atom. The number of aromatic nitrogens is 2. The molecule has 0 spiro atoms. The third-order valence-corrected chi connectivity index (χ3v) is 1.53. The predicted octanol–water partition coefficient (Wildman–Crippen LogP) is 0.397. The third kappa shape index (κ3) is 1.07. The first-order valence-electron chi connectivity index (χ1n) is 3.13. The molecule has 0 amide bonds.